The fourth-order valence-corrected chi connectivity index (χ4v) is 2.91. The van der Waals surface area contributed by atoms with E-state index >= 15 is 0 Å². The lowest BCUT2D eigenvalue weighted by Crippen LogP contribution is -2.52. The van der Waals surface area contributed by atoms with Crippen molar-refractivity contribution in [3.05, 3.63) is 11.8 Å². The van der Waals surface area contributed by atoms with Crippen molar-refractivity contribution in [2.75, 3.05) is 5.75 Å². The number of nitrogens with one attached hydrogen (secondary N) is 1. The maximum absolute atomic E-state index is 11.4. The summed E-state index contributed by atoms with van der Waals surface area (Å²) in [5.41, 5.74) is 0.0801. The summed E-state index contributed by atoms with van der Waals surface area (Å²) in [6, 6.07) is 2.35. The minimum absolute atomic E-state index is 0.375. The first-order valence-electron chi connectivity index (χ1n) is 6.05. The lowest BCUT2D eigenvalue weighted by molar-refractivity contribution is -0.143. The molecule has 0 aromatic carbocycles. The maximum atomic E-state index is 11.4. The van der Waals surface area contributed by atoms with E-state index in [4.69, 9.17) is 0 Å². The molecule has 0 aliphatic heterocycles. The van der Waals surface area contributed by atoms with Crippen molar-refractivity contribution in [2.24, 2.45) is 7.05 Å². The molecule has 1 fully saturated rings. The zero-order valence-corrected chi connectivity index (χ0v) is 11.8. The summed E-state index contributed by atoms with van der Waals surface area (Å²) in [4.78, 5) is 11.4. The molecule has 1 saturated carbocycles. The van der Waals surface area contributed by atoms with Crippen LogP contribution in [0.25, 0.3) is 0 Å². The summed E-state index contributed by atoms with van der Waals surface area (Å²) >= 11 is 1.53. The van der Waals surface area contributed by atoms with Gasteiger partial charge < -0.3 is 5.11 Å². The van der Waals surface area contributed by atoms with Crippen molar-refractivity contribution in [3.8, 4) is 0 Å². The Hall–Kier alpha value is -1.01. The number of hydrogen-bond acceptors (Lipinski definition) is 4. The van der Waals surface area contributed by atoms with Gasteiger partial charge in [-0.15, -0.1) is 11.8 Å². The predicted octanol–water partition coefficient (Wildman–Crippen LogP) is 1.42. The molecule has 5 nitrogen and oxygen atoms in total. The molecule has 0 bridgehead atoms. The standard InChI is InChI=1S/C12H19N3O2S/c1-8-6-10(15(3)14-8)18-7-12(2,11(16)17)13-9-4-5-9/h6,9,13H,4-5,7H2,1-3H3,(H,16,17). The van der Waals surface area contributed by atoms with Gasteiger partial charge in [0, 0.05) is 18.8 Å². The third kappa shape index (κ3) is 3.05. The maximum Gasteiger partial charge on any atom is 0.324 e. The molecule has 2 rings (SSSR count). The molecule has 1 heterocycles. The first-order valence-corrected chi connectivity index (χ1v) is 7.04. The van der Waals surface area contributed by atoms with Crippen LogP contribution < -0.4 is 5.32 Å². The molecule has 18 heavy (non-hydrogen) atoms. The predicted molar refractivity (Wildman–Crippen MR) is 70.9 cm³/mol. The molecule has 1 aliphatic carbocycles. The zero-order valence-electron chi connectivity index (χ0n) is 10.9. The van der Waals surface area contributed by atoms with Crippen LogP contribution in [0.3, 0.4) is 0 Å². The molecule has 1 aromatic rings. The van der Waals surface area contributed by atoms with Crippen LogP contribution in [-0.2, 0) is 11.8 Å². The number of aryl methyl sites for hydroxylation is 2. The summed E-state index contributed by atoms with van der Waals surface area (Å²) in [6.45, 7) is 3.69. The molecule has 0 amide bonds. The zero-order chi connectivity index (χ0) is 13.3. The Kier molecular flexibility index (Phi) is 3.68. The largest absolute Gasteiger partial charge is 0.480 e. The molecule has 0 spiro atoms. The number of carboxylic acid groups (broad SMARTS) is 1. The molecular formula is C12H19N3O2S. The number of thioether (sulfide) groups is 1. The van der Waals surface area contributed by atoms with Crippen LogP contribution in [0.4, 0.5) is 0 Å². The summed E-state index contributed by atoms with van der Waals surface area (Å²) in [6.07, 6.45) is 2.16. The number of rotatable bonds is 6. The van der Waals surface area contributed by atoms with Gasteiger partial charge in [-0.05, 0) is 32.8 Å². The van der Waals surface area contributed by atoms with Gasteiger partial charge in [-0.1, -0.05) is 0 Å². The lowest BCUT2D eigenvalue weighted by atomic mass is 10.1. The molecule has 0 saturated heterocycles. The molecule has 100 valence electrons. The number of hydrogen-bond donors (Lipinski definition) is 2. The van der Waals surface area contributed by atoms with Crippen molar-refractivity contribution < 1.29 is 9.90 Å². The monoisotopic (exact) mass is 269 g/mol. The summed E-state index contributed by atoms with van der Waals surface area (Å²) in [5, 5.41) is 17.8. The second-order valence-corrected chi connectivity index (χ2v) is 6.09. The lowest BCUT2D eigenvalue weighted by Gasteiger charge is -2.25. The Balaban J connectivity index is 2.00. The Bertz CT molecular complexity index is 456. The van der Waals surface area contributed by atoms with E-state index in [1.165, 1.54) is 11.8 Å². The first kappa shape index (κ1) is 13.4. The molecule has 1 unspecified atom stereocenters. The molecule has 2 N–H and O–H groups in total. The van der Waals surface area contributed by atoms with Crippen LogP contribution in [0.2, 0.25) is 0 Å². The van der Waals surface area contributed by atoms with Gasteiger partial charge in [0.05, 0.1) is 10.7 Å². The van der Waals surface area contributed by atoms with E-state index < -0.39 is 11.5 Å². The fourth-order valence-electron chi connectivity index (χ4n) is 1.78. The molecule has 1 atom stereocenters. The number of carboxylic acids is 1. The van der Waals surface area contributed by atoms with Crippen LogP contribution in [0.5, 0.6) is 0 Å². The molecule has 0 radical (unpaired) electrons. The van der Waals surface area contributed by atoms with Gasteiger partial charge in [0.25, 0.3) is 0 Å². The Morgan fingerprint density at radius 2 is 2.39 bits per heavy atom. The van der Waals surface area contributed by atoms with Crippen LogP contribution in [0.15, 0.2) is 11.1 Å². The van der Waals surface area contributed by atoms with E-state index in [0.29, 0.717) is 11.8 Å². The Morgan fingerprint density at radius 3 is 2.83 bits per heavy atom. The van der Waals surface area contributed by atoms with Gasteiger partial charge in [-0.25, -0.2) is 0 Å². The van der Waals surface area contributed by atoms with Crippen molar-refractivity contribution >= 4 is 17.7 Å². The quantitative estimate of drug-likeness (QED) is 0.764. The van der Waals surface area contributed by atoms with Gasteiger partial charge >= 0.3 is 5.97 Å². The Labute approximate surface area is 111 Å². The number of aromatic nitrogens is 2. The highest BCUT2D eigenvalue weighted by Gasteiger charge is 2.38. The van der Waals surface area contributed by atoms with Gasteiger partial charge in [0.15, 0.2) is 0 Å². The van der Waals surface area contributed by atoms with Crippen molar-refractivity contribution in [1.82, 2.24) is 15.1 Å². The van der Waals surface area contributed by atoms with Crippen LogP contribution in [-0.4, -0.2) is 38.2 Å². The molecule has 1 aliphatic rings. The summed E-state index contributed by atoms with van der Waals surface area (Å²) < 4.78 is 1.79. The first-order chi connectivity index (χ1) is 8.40. The number of aliphatic carboxylic acids is 1. The number of carbonyl (C=O) groups is 1. The van der Waals surface area contributed by atoms with Crippen molar-refractivity contribution in [1.29, 1.82) is 0 Å². The van der Waals surface area contributed by atoms with E-state index in [2.05, 4.69) is 10.4 Å². The van der Waals surface area contributed by atoms with Gasteiger partial charge in [0.2, 0.25) is 0 Å². The highest BCUT2D eigenvalue weighted by Crippen LogP contribution is 2.27. The van der Waals surface area contributed by atoms with Crippen LogP contribution in [0, 0.1) is 6.92 Å². The average molecular weight is 269 g/mol. The van der Waals surface area contributed by atoms with Gasteiger partial charge in [-0.2, -0.15) is 5.10 Å². The highest BCUT2D eigenvalue weighted by atomic mass is 32.2. The van der Waals surface area contributed by atoms with E-state index in [-0.39, 0.29) is 0 Å². The second-order valence-electron chi connectivity index (χ2n) is 5.09. The SMILES string of the molecule is Cc1cc(SCC(C)(NC2CC2)C(=O)O)n(C)n1. The minimum Gasteiger partial charge on any atom is -0.480 e. The topological polar surface area (TPSA) is 67.2 Å². The number of nitrogens with zero attached hydrogens (tertiary/aromatic N) is 2. The van der Waals surface area contributed by atoms with E-state index in [0.717, 1.165) is 23.6 Å². The minimum atomic E-state index is -0.871. The molecule has 1 aromatic heterocycles. The Morgan fingerprint density at radius 1 is 1.72 bits per heavy atom. The third-order valence-corrected chi connectivity index (χ3v) is 4.44. The normalized spacial score (nSPS) is 18.6. The average Bonchev–Trinajstić information content (AvgIpc) is 3.01. The van der Waals surface area contributed by atoms with Crippen molar-refractivity contribution in [3.63, 3.8) is 0 Å². The second kappa shape index (κ2) is 4.93. The summed E-state index contributed by atoms with van der Waals surface area (Å²) in [7, 11) is 1.88. The van der Waals surface area contributed by atoms with E-state index in [9.17, 15) is 9.90 Å². The van der Waals surface area contributed by atoms with Crippen LogP contribution in [0.1, 0.15) is 25.5 Å². The van der Waals surface area contributed by atoms with Crippen molar-refractivity contribution in [2.45, 2.75) is 43.3 Å². The third-order valence-electron chi connectivity index (χ3n) is 3.04. The summed E-state index contributed by atoms with van der Waals surface area (Å²) in [5.74, 6) is -0.293. The highest BCUT2D eigenvalue weighted by molar-refractivity contribution is 7.99. The van der Waals surface area contributed by atoms with Crippen LogP contribution >= 0.6 is 11.8 Å². The van der Waals surface area contributed by atoms with Gasteiger partial charge in [-0.3, -0.25) is 14.8 Å². The smallest absolute Gasteiger partial charge is 0.324 e. The van der Waals surface area contributed by atoms with Gasteiger partial charge in [0.1, 0.15) is 5.54 Å². The molecule has 6 heteroatoms. The van der Waals surface area contributed by atoms with E-state index in [1.807, 2.05) is 20.0 Å². The molecular weight excluding hydrogens is 250 g/mol. The fraction of sp³-hybridized carbons (Fsp3) is 0.667. The van der Waals surface area contributed by atoms with E-state index in [1.54, 1.807) is 11.6 Å².